The van der Waals surface area contributed by atoms with Crippen LogP contribution in [0, 0.1) is 46.3 Å². The molecule has 0 rings (SSSR count). The molecule has 0 radical (unpaired) electrons. The molecule has 11 heteroatoms. The normalized spacial score (nSPS) is 12.9. The minimum atomic E-state index is -0.690. The molecule has 57 heavy (non-hydrogen) atoms. The van der Waals surface area contributed by atoms with Gasteiger partial charge in [0.2, 0.25) is 0 Å². The quantitative estimate of drug-likeness (QED) is 0.0682. The molecule has 0 aromatic carbocycles. The minimum Gasteiger partial charge on any atom is -0.462 e. The summed E-state index contributed by atoms with van der Waals surface area (Å²) >= 11 is 0. The van der Waals surface area contributed by atoms with Crippen molar-refractivity contribution < 1.29 is 47.6 Å². The van der Waals surface area contributed by atoms with Gasteiger partial charge in [0, 0.05) is 19.6 Å². The number of carbonyl (C=O) groups is 4. The third kappa shape index (κ3) is 33.0. The van der Waals surface area contributed by atoms with E-state index in [1.54, 1.807) is 20.8 Å². The third-order valence-corrected chi connectivity index (χ3v) is 8.51. The summed E-state index contributed by atoms with van der Waals surface area (Å²) < 4.78 is 33.2. The standard InChI is InChI=1S/C32H61NO8.C14H28O2/c1-22(2)17-27(18-23(3)4)40-30(35)37-15-13-33(21-26(9)39-29(34)32(10,11)12)14-16-38-31(36)41-28(19-24(5)6)20-25(7)8;1-10(2)8-12(9-11(3)4)16-13(15)14(5,6)7/h22-28H,13-21H2,1-12H3;10-12H,8-9H2,1-7H3. The maximum absolute atomic E-state index is 12.4. The van der Waals surface area contributed by atoms with Gasteiger partial charge in [-0.05, 0) is 122 Å². The largest absolute Gasteiger partial charge is 0.508 e. The maximum Gasteiger partial charge on any atom is 0.508 e. The first-order valence-electron chi connectivity index (χ1n) is 21.8. The van der Waals surface area contributed by atoms with Crippen molar-refractivity contribution in [2.24, 2.45) is 46.3 Å². The molecule has 11 nitrogen and oxygen atoms in total. The van der Waals surface area contributed by atoms with E-state index in [-0.39, 0.29) is 43.5 Å². The zero-order chi connectivity index (χ0) is 44.7. The van der Waals surface area contributed by atoms with E-state index in [2.05, 4.69) is 83.1 Å². The predicted octanol–water partition coefficient (Wildman–Crippen LogP) is 11.5. The summed E-state index contributed by atoms with van der Waals surface area (Å²) in [6, 6.07) is 0. The first-order chi connectivity index (χ1) is 26.0. The highest BCUT2D eigenvalue weighted by atomic mass is 16.7. The molecular weight excluding hydrogens is 727 g/mol. The summed E-state index contributed by atoms with van der Waals surface area (Å²) in [4.78, 5) is 50.9. The Morgan fingerprint density at radius 1 is 0.421 bits per heavy atom. The van der Waals surface area contributed by atoms with Crippen molar-refractivity contribution in [3.8, 4) is 0 Å². The Morgan fingerprint density at radius 2 is 0.684 bits per heavy atom. The highest BCUT2D eigenvalue weighted by Crippen LogP contribution is 2.23. The Labute approximate surface area is 349 Å². The minimum absolute atomic E-state index is 0.0757. The van der Waals surface area contributed by atoms with Crippen LogP contribution in [-0.4, -0.2) is 86.4 Å². The van der Waals surface area contributed by atoms with Gasteiger partial charge in [0.05, 0.1) is 10.8 Å². The van der Waals surface area contributed by atoms with Gasteiger partial charge >= 0.3 is 24.2 Å². The van der Waals surface area contributed by atoms with E-state index in [9.17, 15) is 19.2 Å². The zero-order valence-corrected chi connectivity index (χ0v) is 40.1. The van der Waals surface area contributed by atoms with Gasteiger partial charge in [-0.2, -0.15) is 0 Å². The van der Waals surface area contributed by atoms with Crippen LogP contribution >= 0.6 is 0 Å². The van der Waals surface area contributed by atoms with Crippen molar-refractivity contribution in [3.05, 3.63) is 0 Å². The molecule has 0 amide bonds. The van der Waals surface area contributed by atoms with Gasteiger partial charge in [-0.3, -0.25) is 14.5 Å². The second-order valence-electron chi connectivity index (χ2n) is 20.5. The second kappa shape index (κ2) is 28.8. The summed E-state index contributed by atoms with van der Waals surface area (Å²) in [6.07, 6.45) is 2.93. The molecule has 0 aliphatic rings. The Balaban J connectivity index is 0. The molecule has 1 unspecified atom stereocenters. The van der Waals surface area contributed by atoms with Crippen LogP contribution in [0.25, 0.3) is 0 Å². The molecule has 0 fully saturated rings. The van der Waals surface area contributed by atoms with Crippen LogP contribution in [-0.2, 0) is 38.0 Å². The van der Waals surface area contributed by atoms with E-state index in [1.807, 2.05) is 32.6 Å². The molecule has 0 heterocycles. The highest BCUT2D eigenvalue weighted by molar-refractivity contribution is 5.76. The average molecular weight is 816 g/mol. The first kappa shape index (κ1) is 56.5. The lowest BCUT2D eigenvalue weighted by atomic mass is 9.95. The summed E-state index contributed by atoms with van der Waals surface area (Å²) in [6.45, 7) is 39.6. The Hall–Kier alpha value is -2.56. The van der Waals surface area contributed by atoms with E-state index in [1.165, 1.54) is 0 Å². The van der Waals surface area contributed by atoms with Gasteiger partial charge in [0.1, 0.15) is 37.6 Å². The Kier molecular flexibility index (Phi) is 28.6. The molecule has 0 aliphatic carbocycles. The number of hydrogen-bond acceptors (Lipinski definition) is 11. The molecule has 0 saturated heterocycles. The van der Waals surface area contributed by atoms with Gasteiger partial charge in [-0.25, -0.2) is 9.59 Å². The van der Waals surface area contributed by atoms with Gasteiger partial charge in [0.15, 0.2) is 0 Å². The van der Waals surface area contributed by atoms with E-state index >= 15 is 0 Å². The highest BCUT2D eigenvalue weighted by Gasteiger charge is 2.28. The number of esters is 2. The molecular formula is C46H89NO10. The smallest absolute Gasteiger partial charge is 0.462 e. The van der Waals surface area contributed by atoms with Crippen molar-refractivity contribution in [1.29, 1.82) is 0 Å². The number of rotatable bonds is 24. The van der Waals surface area contributed by atoms with Crippen LogP contribution in [0.4, 0.5) is 9.59 Å². The Bertz CT molecular complexity index is 1030. The topological polar surface area (TPSA) is 127 Å². The van der Waals surface area contributed by atoms with E-state index in [0.717, 1.165) is 38.5 Å². The van der Waals surface area contributed by atoms with Crippen molar-refractivity contribution in [2.75, 3.05) is 32.8 Å². The first-order valence-corrected chi connectivity index (χ1v) is 21.8. The molecule has 1 atom stereocenters. The fourth-order valence-electron chi connectivity index (χ4n) is 5.97. The molecule has 0 bridgehead atoms. The molecule has 0 spiro atoms. The van der Waals surface area contributed by atoms with Gasteiger partial charge < -0.3 is 28.4 Å². The van der Waals surface area contributed by atoms with Crippen LogP contribution in [0.3, 0.4) is 0 Å². The van der Waals surface area contributed by atoms with Crippen LogP contribution in [0.15, 0.2) is 0 Å². The average Bonchev–Trinajstić information content (AvgIpc) is 2.98. The number of ether oxygens (including phenoxy) is 6. The summed E-state index contributed by atoms with van der Waals surface area (Å²) in [5.41, 5.74) is -1.02. The SMILES string of the molecule is CC(C)CC(CC(C)C)OC(=O)C(C)(C)C.CC(C)CC(CC(C)C)OC(=O)OCCN(CCOC(=O)OC(CC(C)C)CC(C)C)CC(C)OC(=O)C(C)(C)C. The summed E-state index contributed by atoms with van der Waals surface area (Å²) in [7, 11) is 0. The molecule has 0 aromatic rings. The zero-order valence-electron chi connectivity index (χ0n) is 40.1. The fraction of sp³-hybridized carbons (Fsp3) is 0.913. The van der Waals surface area contributed by atoms with Gasteiger partial charge in [-0.1, -0.05) is 83.1 Å². The van der Waals surface area contributed by atoms with Gasteiger partial charge in [0.25, 0.3) is 0 Å². The van der Waals surface area contributed by atoms with E-state index in [0.29, 0.717) is 55.1 Å². The molecule has 0 saturated carbocycles. The summed E-state index contributed by atoms with van der Waals surface area (Å²) in [5, 5.41) is 0. The van der Waals surface area contributed by atoms with Crippen molar-refractivity contribution in [2.45, 2.75) is 194 Å². The molecule has 0 aliphatic heterocycles. The lowest BCUT2D eigenvalue weighted by Gasteiger charge is -2.27. The van der Waals surface area contributed by atoms with Crippen LogP contribution < -0.4 is 0 Å². The summed E-state index contributed by atoms with van der Waals surface area (Å²) in [5.74, 6) is 2.35. The van der Waals surface area contributed by atoms with Crippen molar-refractivity contribution in [3.63, 3.8) is 0 Å². The van der Waals surface area contributed by atoms with Crippen molar-refractivity contribution in [1.82, 2.24) is 4.90 Å². The monoisotopic (exact) mass is 816 g/mol. The van der Waals surface area contributed by atoms with Gasteiger partial charge in [-0.15, -0.1) is 0 Å². The van der Waals surface area contributed by atoms with Crippen molar-refractivity contribution >= 4 is 24.2 Å². The van der Waals surface area contributed by atoms with E-state index < -0.39 is 29.2 Å². The Morgan fingerprint density at radius 3 is 0.947 bits per heavy atom. The molecule has 0 aromatic heterocycles. The van der Waals surface area contributed by atoms with Crippen LogP contribution in [0.1, 0.15) is 170 Å². The molecule has 338 valence electrons. The fourth-order valence-corrected chi connectivity index (χ4v) is 5.97. The van der Waals surface area contributed by atoms with Crippen LogP contribution in [0.5, 0.6) is 0 Å². The second-order valence-corrected chi connectivity index (χ2v) is 20.5. The van der Waals surface area contributed by atoms with Crippen LogP contribution in [0.2, 0.25) is 0 Å². The third-order valence-electron chi connectivity index (χ3n) is 8.51. The number of carbonyl (C=O) groups excluding carboxylic acids is 4. The number of nitrogens with zero attached hydrogens (tertiary/aromatic N) is 1. The predicted molar refractivity (Wildman–Crippen MR) is 230 cm³/mol. The van der Waals surface area contributed by atoms with E-state index in [4.69, 9.17) is 28.4 Å². The lowest BCUT2D eigenvalue weighted by molar-refractivity contribution is -0.160. The molecule has 0 N–H and O–H groups in total. The maximum atomic E-state index is 12.4. The lowest BCUT2D eigenvalue weighted by Crippen LogP contribution is -2.40. The number of hydrogen-bond donors (Lipinski definition) is 0.